The molecule has 0 atom stereocenters. The number of nitrogens with one attached hydrogen (secondary N) is 1. The Kier molecular flexibility index (Phi) is 4.22. The third kappa shape index (κ3) is 3.02. The van der Waals surface area contributed by atoms with Crippen molar-refractivity contribution in [3.8, 4) is 17.2 Å². The molecule has 2 aromatic carbocycles. The lowest BCUT2D eigenvalue weighted by atomic mass is 9.97. The zero-order valence-corrected chi connectivity index (χ0v) is 14.3. The van der Waals surface area contributed by atoms with E-state index in [4.69, 9.17) is 14.2 Å². The maximum atomic E-state index is 12.3. The van der Waals surface area contributed by atoms with Crippen LogP contribution in [0.1, 0.15) is 27.0 Å². The molecule has 1 N–H and O–H groups in total. The SMILES string of the molecule is COc1ccc(C(=O)NCCc2c3c(cc4c2OCC4)OCC3)cc1. The van der Waals surface area contributed by atoms with Crippen molar-refractivity contribution in [3.05, 3.63) is 52.6 Å². The topological polar surface area (TPSA) is 56.8 Å². The molecule has 5 nitrogen and oxygen atoms in total. The normalized spacial score (nSPS) is 14.3. The molecule has 0 aromatic heterocycles. The lowest BCUT2D eigenvalue weighted by Crippen LogP contribution is -2.26. The van der Waals surface area contributed by atoms with Gasteiger partial charge in [0.25, 0.3) is 5.91 Å². The Bertz CT molecular complexity index is 766. The van der Waals surface area contributed by atoms with Crippen molar-refractivity contribution in [2.45, 2.75) is 19.3 Å². The molecule has 2 aromatic rings. The molecule has 0 radical (unpaired) electrons. The third-order valence-electron chi connectivity index (χ3n) is 4.77. The zero-order valence-electron chi connectivity index (χ0n) is 14.3. The summed E-state index contributed by atoms with van der Waals surface area (Å²) in [6, 6.07) is 9.23. The summed E-state index contributed by atoms with van der Waals surface area (Å²) in [5, 5.41) is 2.99. The van der Waals surface area contributed by atoms with Gasteiger partial charge in [0, 0.05) is 41.6 Å². The molecule has 1 amide bonds. The summed E-state index contributed by atoms with van der Waals surface area (Å²) in [4.78, 5) is 12.3. The highest BCUT2D eigenvalue weighted by atomic mass is 16.5. The van der Waals surface area contributed by atoms with E-state index in [9.17, 15) is 4.79 Å². The van der Waals surface area contributed by atoms with Gasteiger partial charge >= 0.3 is 0 Å². The number of carbonyl (C=O) groups excluding carboxylic acids is 1. The average Bonchev–Trinajstić information content (AvgIpc) is 3.30. The summed E-state index contributed by atoms with van der Waals surface area (Å²) in [5.41, 5.74) is 4.28. The molecule has 0 spiro atoms. The first kappa shape index (κ1) is 15.8. The molecule has 4 rings (SSSR count). The molecule has 2 aliphatic rings. The van der Waals surface area contributed by atoms with Crippen molar-refractivity contribution in [1.82, 2.24) is 5.32 Å². The minimum Gasteiger partial charge on any atom is -0.497 e. The van der Waals surface area contributed by atoms with Crippen LogP contribution in [0.15, 0.2) is 30.3 Å². The van der Waals surface area contributed by atoms with Crippen LogP contribution >= 0.6 is 0 Å². The minimum absolute atomic E-state index is 0.0796. The van der Waals surface area contributed by atoms with Gasteiger partial charge in [-0.05, 0) is 36.8 Å². The van der Waals surface area contributed by atoms with Gasteiger partial charge in [-0.1, -0.05) is 0 Å². The van der Waals surface area contributed by atoms with Crippen molar-refractivity contribution >= 4 is 5.91 Å². The van der Waals surface area contributed by atoms with Crippen LogP contribution in [0, 0.1) is 0 Å². The Morgan fingerprint density at radius 3 is 2.76 bits per heavy atom. The van der Waals surface area contributed by atoms with E-state index < -0.39 is 0 Å². The van der Waals surface area contributed by atoms with Gasteiger partial charge in [-0.25, -0.2) is 0 Å². The van der Waals surface area contributed by atoms with Gasteiger partial charge in [0.15, 0.2) is 0 Å². The van der Waals surface area contributed by atoms with E-state index in [0.29, 0.717) is 12.1 Å². The minimum atomic E-state index is -0.0796. The van der Waals surface area contributed by atoms with Crippen LogP contribution in [0.3, 0.4) is 0 Å². The maximum absolute atomic E-state index is 12.3. The number of rotatable bonds is 5. The van der Waals surface area contributed by atoms with Crippen molar-refractivity contribution in [3.63, 3.8) is 0 Å². The second-order valence-electron chi connectivity index (χ2n) is 6.25. The number of ether oxygens (including phenoxy) is 3. The standard InChI is InChI=1S/C20H21NO4/c1-23-15-4-2-13(3-5-15)20(22)21-9-6-17-16-8-11-24-18(16)12-14-7-10-25-19(14)17/h2-5,12H,6-11H2,1H3,(H,21,22). The molecular weight excluding hydrogens is 318 g/mol. The molecule has 5 heteroatoms. The first-order chi connectivity index (χ1) is 12.3. The molecule has 2 heterocycles. The highest BCUT2D eigenvalue weighted by molar-refractivity contribution is 5.94. The lowest BCUT2D eigenvalue weighted by molar-refractivity contribution is 0.0954. The van der Waals surface area contributed by atoms with Crippen LogP contribution in [0.25, 0.3) is 0 Å². The summed E-state index contributed by atoms with van der Waals surface area (Å²) in [5.74, 6) is 2.65. The molecule has 0 aliphatic carbocycles. The van der Waals surface area contributed by atoms with Gasteiger partial charge in [0.05, 0.1) is 20.3 Å². The Labute approximate surface area is 146 Å². The number of methoxy groups -OCH3 is 1. The number of amides is 1. The Hall–Kier alpha value is -2.69. The number of hydrogen-bond donors (Lipinski definition) is 1. The molecule has 0 bridgehead atoms. The fourth-order valence-corrected chi connectivity index (χ4v) is 3.49. The van der Waals surface area contributed by atoms with Gasteiger partial charge in [-0.3, -0.25) is 4.79 Å². The quantitative estimate of drug-likeness (QED) is 0.909. The number of benzene rings is 2. The number of carbonyl (C=O) groups is 1. The monoisotopic (exact) mass is 339 g/mol. The van der Waals surface area contributed by atoms with E-state index >= 15 is 0 Å². The third-order valence-corrected chi connectivity index (χ3v) is 4.77. The predicted octanol–water partition coefficient (Wildman–Crippen LogP) is 2.54. The zero-order chi connectivity index (χ0) is 17.2. The first-order valence-electron chi connectivity index (χ1n) is 8.62. The van der Waals surface area contributed by atoms with Crippen LogP contribution in [0.5, 0.6) is 17.2 Å². The van der Waals surface area contributed by atoms with E-state index in [1.807, 2.05) is 0 Å². The molecule has 0 unspecified atom stereocenters. The summed E-state index contributed by atoms with van der Waals surface area (Å²) in [6.07, 6.45) is 2.58. The van der Waals surface area contributed by atoms with E-state index in [-0.39, 0.29) is 5.91 Å². The molecule has 0 fully saturated rings. The van der Waals surface area contributed by atoms with Crippen LogP contribution in [-0.4, -0.2) is 32.8 Å². The van der Waals surface area contributed by atoms with Crippen molar-refractivity contribution < 1.29 is 19.0 Å². The summed E-state index contributed by atoms with van der Waals surface area (Å²) in [7, 11) is 1.61. The summed E-state index contributed by atoms with van der Waals surface area (Å²) >= 11 is 0. The maximum Gasteiger partial charge on any atom is 0.251 e. The Morgan fingerprint density at radius 2 is 1.96 bits per heavy atom. The average molecular weight is 339 g/mol. The highest BCUT2D eigenvalue weighted by Gasteiger charge is 2.26. The summed E-state index contributed by atoms with van der Waals surface area (Å²) in [6.45, 7) is 2.02. The van der Waals surface area contributed by atoms with E-state index in [2.05, 4.69) is 11.4 Å². The van der Waals surface area contributed by atoms with Crippen molar-refractivity contribution in [2.24, 2.45) is 0 Å². The molecule has 25 heavy (non-hydrogen) atoms. The lowest BCUT2D eigenvalue weighted by Gasteiger charge is -2.13. The van der Waals surface area contributed by atoms with Gasteiger partial charge in [0.2, 0.25) is 0 Å². The number of fused-ring (bicyclic) bond motifs is 2. The van der Waals surface area contributed by atoms with Crippen LogP contribution in [-0.2, 0) is 19.3 Å². The van der Waals surface area contributed by atoms with Crippen molar-refractivity contribution in [2.75, 3.05) is 26.9 Å². The molecule has 130 valence electrons. The molecule has 2 aliphatic heterocycles. The van der Waals surface area contributed by atoms with E-state index in [1.54, 1.807) is 31.4 Å². The molecular formula is C20H21NO4. The first-order valence-corrected chi connectivity index (χ1v) is 8.62. The highest BCUT2D eigenvalue weighted by Crippen LogP contribution is 2.40. The van der Waals surface area contributed by atoms with Crippen LogP contribution in [0.4, 0.5) is 0 Å². The smallest absolute Gasteiger partial charge is 0.251 e. The Morgan fingerprint density at radius 1 is 1.16 bits per heavy atom. The Balaban J connectivity index is 1.44. The second-order valence-corrected chi connectivity index (χ2v) is 6.25. The van der Waals surface area contributed by atoms with Gasteiger partial charge in [0.1, 0.15) is 17.2 Å². The van der Waals surface area contributed by atoms with Gasteiger partial charge in [-0.15, -0.1) is 0 Å². The summed E-state index contributed by atoms with van der Waals surface area (Å²) < 4.78 is 16.7. The van der Waals surface area contributed by atoms with Gasteiger partial charge < -0.3 is 19.5 Å². The fraction of sp³-hybridized carbons (Fsp3) is 0.350. The fourth-order valence-electron chi connectivity index (χ4n) is 3.49. The van der Waals surface area contributed by atoms with Gasteiger partial charge in [-0.2, -0.15) is 0 Å². The van der Waals surface area contributed by atoms with E-state index in [1.165, 1.54) is 16.7 Å². The second kappa shape index (κ2) is 6.67. The van der Waals surface area contributed by atoms with Crippen LogP contribution < -0.4 is 19.5 Å². The van der Waals surface area contributed by atoms with Crippen molar-refractivity contribution in [1.29, 1.82) is 0 Å². The molecule has 0 saturated carbocycles. The predicted molar refractivity (Wildman–Crippen MR) is 93.9 cm³/mol. The largest absolute Gasteiger partial charge is 0.497 e. The molecule has 0 saturated heterocycles. The number of hydrogen-bond acceptors (Lipinski definition) is 4. The van der Waals surface area contributed by atoms with E-state index in [0.717, 1.165) is 49.7 Å². The van der Waals surface area contributed by atoms with Crippen LogP contribution in [0.2, 0.25) is 0 Å².